The van der Waals surface area contributed by atoms with Gasteiger partial charge in [0.15, 0.2) is 0 Å². The summed E-state index contributed by atoms with van der Waals surface area (Å²) >= 11 is 0. The molecule has 0 aliphatic carbocycles. The van der Waals surface area contributed by atoms with Gasteiger partial charge in [-0.2, -0.15) is 0 Å². The van der Waals surface area contributed by atoms with Gasteiger partial charge in [0, 0.05) is 6.61 Å². The van der Waals surface area contributed by atoms with E-state index in [0.717, 1.165) is 45.3 Å². The van der Waals surface area contributed by atoms with Gasteiger partial charge in [0.05, 0.1) is 17.7 Å². The number of amides is 1. The maximum atomic E-state index is 12.4. The molecule has 0 spiro atoms. The van der Waals surface area contributed by atoms with Gasteiger partial charge in [-0.3, -0.25) is 4.79 Å². The lowest BCUT2D eigenvalue weighted by atomic mass is 9.89. The molecule has 2 unspecified atom stereocenters. The molecule has 2 fully saturated rings. The fourth-order valence-electron chi connectivity index (χ4n) is 2.89. The highest BCUT2D eigenvalue weighted by atomic mass is 16.5. The predicted octanol–water partition coefficient (Wildman–Crippen LogP) is 1.20. The molecule has 2 atom stereocenters. The van der Waals surface area contributed by atoms with Gasteiger partial charge in [0.25, 0.3) is 0 Å². The number of ether oxygens (including phenoxy) is 1. The van der Waals surface area contributed by atoms with Crippen molar-refractivity contribution in [2.24, 2.45) is 0 Å². The highest BCUT2D eigenvalue weighted by Gasteiger charge is 2.42. The van der Waals surface area contributed by atoms with E-state index in [-0.39, 0.29) is 17.0 Å². The maximum absolute atomic E-state index is 12.4. The van der Waals surface area contributed by atoms with Crippen LogP contribution < -0.4 is 10.6 Å². The minimum atomic E-state index is -0.333. The van der Waals surface area contributed by atoms with Gasteiger partial charge in [-0.25, -0.2) is 0 Å². The minimum Gasteiger partial charge on any atom is -0.379 e. The first-order valence-corrected chi connectivity index (χ1v) is 6.76. The summed E-state index contributed by atoms with van der Waals surface area (Å²) in [4.78, 5) is 12.4. The Morgan fingerprint density at radius 3 is 2.76 bits per heavy atom. The van der Waals surface area contributed by atoms with Gasteiger partial charge in [0.2, 0.25) is 5.91 Å². The lowest BCUT2D eigenvalue weighted by molar-refractivity contribution is -0.131. The van der Waals surface area contributed by atoms with Crippen LogP contribution in [-0.4, -0.2) is 36.7 Å². The van der Waals surface area contributed by atoms with Crippen molar-refractivity contribution in [3.8, 4) is 0 Å². The molecule has 0 aromatic heterocycles. The van der Waals surface area contributed by atoms with Crippen LogP contribution in [0.2, 0.25) is 0 Å². The monoisotopic (exact) mass is 240 g/mol. The van der Waals surface area contributed by atoms with Gasteiger partial charge >= 0.3 is 0 Å². The fourth-order valence-corrected chi connectivity index (χ4v) is 2.89. The summed E-state index contributed by atoms with van der Waals surface area (Å²) in [5.74, 6) is 0.158. The zero-order valence-corrected chi connectivity index (χ0v) is 11.0. The second kappa shape index (κ2) is 4.94. The summed E-state index contributed by atoms with van der Waals surface area (Å²) in [7, 11) is 0. The molecule has 0 radical (unpaired) electrons. The van der Waals surface area contributed by atoms with Gasteiger partial charge < -0.3 is 15.4 Å². The van der Waals surface area contributed by atoms with Gasteiger partial charge in [-0.05, 0) is 45.6 Å². The van der Waals surface area contributed by atoms with E-state index in [4.69, 9.17) is 4.74 Å². The van der Waals surface area contributed by atoms with Crippen LogP contribution in [0.3, 0.4) is 0 Å². The highest BCUT2D eigenvalue weighted by molar-refractivity contribution is 5.87. The highest BCUT2D eigenvalue weighted by Crippen LogP contribution is 2.26. The van der Waals surface area contributed by atoms with E-state index in [2.05, 4.69) is 24.5 Å². The lowest BCUT2D eigenvalue weighted by Gasteiger charge is -2.38. The first-order valence-electron chi connectivity index (χ1n) is 6.76. The Kier molecular flexibility index (Phi) is 3.73. The molecule has 4 heteroatoms. The summed E-state index contributed by atoms with van der Waals surface area (Å²) in [5, 5.41) is 6.58. The van der Waals surface area contributed by atoms with Gasteiger partial charge in [-0.15, -0.1) is 0 Å². The topological polar surface area (TPSA) is 50.4 Å². The number of carbonyl (C=O) groups is 1. The Morgan fingerprint density at radius 1 is 1.41 bits per heavy atom. The third-order valence-electron chi connectivity index (χ3n) is 4.14. The molecule has 2 heterocycles. The quantitative estimate of drug-likeness (QED) is 0.779. The Labute approximate surface area is 103 Å². The molecular formula is C13H24N2O2. The SMILES string of the molecule is CCC1(C(=O)NC2(C)CCCOC2)CCCN1. The predicted molar refractivity (Wildman–Crippen MR) is 66.9 cm³/mol. The number of hydrogen-bond acceptors (Lipinski definition) is 3. The van der Waals surface area contributed by atoms with Crippen LogP contribution in [0.15, 0.2) is 0 Å². The molecule has 2 aliphatic heterocycles. The van der Waals surface area contributed by atoms with Crippen molar-refractivity contribution >= 4 is 5.91 Å². The number of carbonyl (C=O) groups excluding carboxylic acids is 1. The van der Waals surface area contributed by atoms with Crippen molar-refractivity contribution in [2.45, 2.75) is 57.0 Å². The van der Waals surface area contributed by atoms with E-state index in [1.54, 1.807) is 0 Å². The first kappa shape index (κ1) is 12.8. The summed E-state index contributed by atoms with van der Waals surface area (Å²) in [6, 6.07) is 0. The van der Waals surface area contributed by atoms with E-state index in [1.165, 1.54) is 0 Å². The number of hydrogen-bond donors (Lipinski definition) is 2. The van der Waals surface area contributed by atoms with Crippen molar-refractivity contribution in [1.29, 1.82) is 0 Å². The third-order valence-corrected chi connectivity index (χ3v) is 4.14. The molecule has 0 aromatic rings. The standard InChI is InChI=1S/C13H24N2O2/c1-3-13(7-4-8-14-13)11(16)15-12(2)6-5-9-17-10-12/h14H,3-10H2,1-2H3,(H,15,16). The number of rotatable bonds is 3. The van der Waals surface area contributed by atoms with E-state index in [0.29, 0.717) is 6.61 Å². The van der Waals surface area contributed by atoms with Crippen molar-refractivity contribution in [3.05, 3.63) is 0 Å². The second-order valence-electron chi connectivity index (χ2n) is 5.64. The van der Waals surface area contributed by atoms with Crippen molar-refractivity contribution in [2.75, 3.05) is 19.8 Å². The molecule has 2 N–H and O–H groups in total. The third kappa shape index (κ3) is 2.63. The van der Waals surface area contributed by atoms with Crippen molar-refractivity contribution in [1.82, 2.24) is 10.6 Å². The minimum absolute atomic E-state index is 0.158. The molecule has 2 aliphatic rings. The molecule has 98 valence electrons. The molecule has 2 rings (SSSR count). The first-order chi connectivity index (χ1) is 8.10. The Balaban J connectivity index is 1.99. The van der Waals surface area contributed by atoms with Crippen molar-refractivity contribution in [3.63, 3.8) is 0 Å². The second-order valence-corrected chi connectivity index (χ2v) is 5.64. The zero-order chi connectivity index (χ0) is 12.4. The largest absolute Gasteiger partial charge is 0.379 e. The van der Waals surface area contributed by atoms with Crippen molar-refractivity contribution < 1.29 is 9.53 Å². The average Bonchev–Trinajstić information content (AvgIpc) is 2.79. The van der Waals surface area contributed by atoms with E-state index in [1.807, 2.05) is 0 Å². The van der Waals surface area contributed by atoms with Crippen LogP contribution in [0, 0.1) is 0 Å². The molecule has 17 heavy (non-hydrogen) atoms. The van der Waals surface area contributed by atoms with Crippen LogP contribution in [0.25, 0.3) is 0 Å². The van der Waals surface area contributed by atoms with E-state index < -0.39 is 0 Å². The summed E-state index contributed by atoms with van der Waals surface area (Å²) in [6.45, 7) is 6.58. The lowest BCUT2D eigenvalue weighted by Crippen LogP contribution is -2.61. The molecule has 0 aromatic carbocycles. The van der Waals surface area contributed by atoms with Crippen LogP contribution in [-0.2, 0) is 9.53 Å². The molecule has 4 nitrogen and oxygen atoms in total. The molecule has 2 saturated heterocycles. The number of nitrogens with one attached hydrogen (secondary N) is 2. The zero-order valence-electron chi connectivity index (χ0n) is 11.0. The maximum Gasteiger partial charge on any atom is 0.240 e. The van der Waals surface area contributed by atoms with Crippen LogP contribution >= 0.6 is 0 Å². The van der Waals surface area contributed by atoms with E-state index in [9.17, 15) is 4.79 Å². The Morgan fingerprint density at radius 2 is 2.24 bits per heavy atom. The summed E-state index contributed by atoms with van der Waals surface area (Å²) < 4.78 is 5.48. The van der Waals surface area contributed by atoms with Gasteiger partial charge in [0.1, 0.15) is 0 Å². The smallest absolute Gasteiger partial charge is 0.240 e. The van der Waals surface area contributed by atoms with Crippen LogP contribution in [0.4, 0.5) is 0 Å². The molecule has 0 saturated carbocycles. The summed E-state index contributed by atoms with van der Waals surface area (Å²) in [5.41, 5.74) is -0.512. The Hall–Kier alpha value is -0.610. The van der Waals surface area contributed by atoms with E-state index >= 15 is 0 Å². The molecule has 1 amide bonds. The van der Waals surface area contributed by atoms with Gasteiger partial charge in [-0.1, -0.05) is 6.92 Å². The average molecular weight is 240 g/mol. The molecular weight excluding hydrogens is 216 g/mol. The normalized spacial score (nSPS) is 38.0. The van der Waals surface area contributed by atoms with Crippen LogP contribution in [0.1, 0.15) is 46.0 Å². The Bertz CT molecular complexity index is 279. The summed E-state index contributed by atoms with van der Waals surface area (Å²) in [6.07, 6.45) is 4.94. The molecule has 0 bridgehead atoms. The fraction of sp³-hybridized carbons (Fsp3) is 0.923. The van der Waals surface area contributed by atoms with Crippen LogP contribution in [0.5, 0.6) is 0 Å².